The van der Waals surface area contributed by atoms with Crippen LogP contribution >= 0.6 is 11.6 Å². The van der Waals surface area contributed by atoms with Crippen LogP contribution in [0.4, 0.5) is 0 Å². The van der Waals surface area contributed by atoms with E-state index in [1.54, 1.807) is 12.5 Å². The molecule has 0 aliphatic carbocycles. The van der Waals surface area contributed by atoms with Gasteiger partial charge in [-0.05, 0) is 29.8 Å². The van der Waals surface area contributed by atoms with Crippen LogP contribution in [0.2, 0.25) is 5.02 Å². The molecule has 2 N–H and O–H groups in total. The molecule has 0 aliphatic rings. The number of amides is 1. The second-order valence-corrected chi connectivity index (χ2v) is 7.05. The first kappa shape index (κ1) is 17.5. The van der Waals surface area contributed by atoms with Crippen LogP contribution < -0.4 is 5.32 Å². The molecule has 5 rings (SSSR count). The van der Waals surface area contributed by atoms with Gasteiger partial charge in [0.25, 0.3) is 5.91 Å². The number of aromatic nitrogens is 4. The Bertz CT molecular complexity index is 1340. The van der Waals surface area contributed by atoms with Crippen LogP contribution in [0.3, 0.4) is 0 Å². The number of benzene rings is 2. The summed E-state index contributed by atoms with van der Waals surface area (Å²) in [6.45, 7) is 0.350. The summed E-state index contributed by atoms with van der Waals surface area (Å²) in [5.41, 5.74) is 4.00. The van der Waals surface area contributed by atoms with Gasteiger partial charge in [0.15, 0.2) is 0 Å². The van der Waals surface area contributed by atoms with Gasteiger partial charge in [-0.25, -0.2) is 9.97 Å². The van der Waals surface area contributed by atoms with E-state index in [1.165, 1.54) is 0 Å². The summed E-state index contributed by atoms with van der Waals surface area (Å²) in [6, 6.07) is 19.3. The highest BCUT2D eigenvalue weighted by molar-refractivity contribution is 6.38. The summed E-state index contributed by atoms with van der Waals surface area (Å²) in [5, 5.41) is 4.15. The minimum atomic E-state index is -0.254. The van der Waals surface area contributed by atoms with E-state index >= 15 is 0 Å². The summed E-state index contributed by atoms with van der Waals surface area (Å²) >= 11 is 6.35. The fraction of sp³-hybridized carbons (Fsp3) is 0.0455. The zero-order valence-corrected chi connectivity index (χ0v) is 16.0. The molecular formula is C22H16ClN5O. The predicted molar refractivity (Wildman–Crippen MR) is 113 cm³/mol. The van der Waals surface area contributed by atoms with Crippen LogP contribution in [-0.2, 0) is 6.54 Å². The van der Waals surface area contributed by atoms with Crippen LogP contribution in [0.25, 0.3) is 27.8 Å². The molecule has 142 valence electrons. The predicted octanol–water partition coefficient (Wildman–Crippen LogP) is 4.49. The molecule has 0 bridgehead atoms. The van der Waals surface area contributed by atoms with Gasteiger partial charge < -0.3 is 10.3 Å². The van der Waals surface area contributed by atoms with Gasteiger partial charge in [0.05, 0.1) is 16.1 Å². The lowest BCUT2D eigenvalue weighted by Crippen LogP contribution is -2.23. The number of rotatable bonds is 4. The smallest absolute Gasteiger partial charge is 0.269 e. The molecule has 6 nitrogen and oxygen atoms in total. The molecule has 3 heterocycles. The number of fused-ring (bicyclic) bond motifs is 2. The van der Waals surface area contributed by atoms with E-state index in [0.717, 1.165) is 33.3 Å². The number of aromatic amines is 1. The first-order valence-electron chi connectivity index (χ1n) is 9.12. The normalized spacial score (nSPS) is 11.2. The van der Waals surface area contributed by atoms with Gasteiger partial charge in [-0.1, -0.05) is 48.0 Å². The second kappa shape index (κ2) is 7.07. The van der Waals surface area contributed by atoms with E-state index in [1.807, 2.05) is 65.2 Å². The SMILES string of the molecule is O=C(NCc1ccc(-n2cnc3ccccc32)nc1)c1[nH]c2ccccc2c1Cl. The van der Waals surface area contributed by atoms with Crippen molar-refractivity contribution in [1.29, 1.82) is 0 Å². The van der Waals surface area contributed by atoms with Crippen LogP contribution in [-0.4, -0.2) is 25.4 Å². The van der Waals surface area contributed by atoms with Crippen molar-refractivity contribution in [2.45, 2.75) is 6.54 Å². The number of hydrogen-bond donors (Lipinski definition) is 2. The Balaban J connectivity index is 1.32. The summed E-state index contributed by atoms with van der Waals surface area (Å²) < 4.78 is 1.93. The van der Waals surface area contributed by atoms with Crippen molar-refractivity contribution in [3.05, 3.63) is 89.5 Å². The second-order valence-electron chi connectivity index (χ2n) is 6.67. The molecule has 0 radical (unpaired) electrons. The highest BCUT2D eigenvalue weighted by atomic mass is 35.5. The van der Waals surface area contributed by atoms with Gasteiger partial charge in [0.2, 0.25) is 0 Å². The van der Waals surface area contributed by atoms with Gasteiger partial charge in [-0.3, -0.25) is 9.36 Å². The first-order chi connectivity index (χ1) is 14.2. The lowest BCUT2D eigenvalue weighted by molar-refractivity contribution is 0.0947. The number of nitrogens with one attached hydrogen (secondary N) is 2. The molecule has 0 saturated carbocycles. The van der Waals surface area contributed by atoms with Crippen LogP contribution in [0.5, 0.6) is 0 Å². The molecule has 3 aromatic heterocycles. The number of carbonyl (C=O) groups is 1. The quantitative estimate of drug-likeness (QED) is 0.466. The van der Waals surface area contributed by atoms with E-state index < -0.39 is 0 Å². The van der Waals surface area contributed by atoms with Gasteiger partial charge in [0, 0.05) is 23.6 Å². The topological polar surface area (TPSA) is 75.6 Å². The number of halogens is 1. The average molecular weight is 402 g/mol. The van der Waals surface area contributed by atoms with Crippen molar-refractivity contribution in [3.63, 3.8) is 0 Å². The van der Waals surface area contributed by atoms with Crippen LogP contribution in [0.15, 0.2) is 73.2 Å². The van der Waals surface area contributed by atoms with E-state index in [0.29, 0.717) is 17.3 Å². The summed E-state index contributed by atoms with van der Waals surface area (Å²) in [7, 11) is 0. The van der Waals surface area contributed by atoms with E-state index in [9.17, 15) is 4.79 Å². The molecule has 0 saturated heterocycles. The Morgan fingerprint density at radius 2 is 1.86 bits per heavy atom. The fourth-order valence-electron chi connectivity index (χ4n) is 3.34. The van der Waals surface area contributed by atoms with Crippen molar-refractivity contribution < 1.29 is 4.79 Å². The fourth-order valence-corrected chi connectivity index (χ4v) is 3.64. The third-order valence-electron chi connectivity index (χ3n) is 4.83. The maximum absolute atomic E-state index is 12.5. The number of nitrogens with zero attached hydrogens (tertiary/aromatic N) is 3. The first-order valence-corrected chi connectivity index (χ1v) is 9.50. The number of pyridine rings is 1. The van der Waals surface area contributed by atoms with Crippen molar-refractivity contribution in [3.8, 4) is 5.82 Å². The molecule has 7 heteroatoms. The maximum Gasteiger partial charge on any atom is 0.269 e. The minimum Gasteiger partial charge on any atom is -0.349 e. The summed E-state index contributed by atoms with van der Waals surface area (Å²) in [6.07, 6.45) is 3.50. The molecule has 5 aromatic rings. The molecule has 0 unspecified atom stereocenters. The monoisotopic (exact) mass is 401 g/mol. The van der Waals surface area contributed by atoms with Gasteiger partial charge >= 0.3 is 0 Å². The van der Waals surface area contributed by atoms with Crippen molar-refractivity contribution >= 4 is 39.4 Å². The Kier molecular flexibility index (Phi) is 4.26. The molecule has 0 fully saturated rings. The van der Waals surface area contributed by atoms with Gasteiger partial charge in [-0.2, -0.15) is 0 Å². The van der Waals surface area contributed by atoms with Crippen LogP contribution in [0.1, 0.15) is 16.1 Å². The molecule has 1 amide bonds. The van der Waals surface area contributed by atoms with E-state index in [4.69, 9.17) is 11.6 Å². The highest BCUT2D eigenvalue weighted by Gasteiger charge is 2.16. The van der Waals surface area contributed by atoms with Crippen LogP contribution in [0, 0.1) is 0 Å². The zero-order chi connectivity index (χ0) is 19.8. The molecule has 29 heavy (non-hydrogen) atoms. The minimum absolute atomic E-state index is 0.254. The number of carbonyl (C=O) groups excluding carboxylic acids is 1. The largest absolute Gasteiger partial charge is 0.349 e. The Labute approximate surface area is 171 Å². The lowest BCUT2D eigenvalue weighted by Gasteiger charge is -2.07. The van der Waals surface area contributed by atoms with Gasteiger partial charge in [0.1, 0.15) is 17.8 Å². The van der Waals surface area contributed by atoms with Crippen molar-refractivity contribution in [1.82, 2.24) is 24.8 Å². The number of H-pyrrole nitrogens is 1. The summed E-state index contributed by atoms with van der Waals surface area (Å²) in [4.78, 5) is 24.5. The number of para-hydroxylation sites is 3. The highest BCUT2D eigenvalue weighted by Crippen LogP contribution is 2.27. The van der Waals surface area contributed by atoms with Crippen molar-refractivity contribution in [2.24, 2.45) is 0 Å². The number of imidazole rings is 1. The molecule has 0 spiro atoms. The Morgan fingerprint density at radius 1 is 1.03 bits per heavy atom. The molecule has 0 atom stereocenters. The molecule has 2 aromatic carbocycles. The Morgan fingerprint density at radius 3 is 2.69 bits per heavy atom. The third-order valence-corrected chi connectivity index (χ3v) is 5.22. The number of hydrogen-bond acceptors (Lipinski definition) is 3. The zero-order valence-electron chi connectivity index (χ0n) is 15.3. The maximum atomic E-state index is 12.5. The van der Waals surface area contributed by atoms with E-state index in [-0.39, 0.29) is 5.91 Å². The lowest BCUT2D eigenvalue weighted by atomic mass is 10.2. The van der Waals surface area contributed by atoms with Gasteiger partial charge in [-0.15, -0.1) is 0 Å². The molecular weight excluding hydrogens is 386 g/mol. The van der Waals surface area contributed by atoms with E-state index in [2.05, 4.69) is 20.3 Å². The molecule has 0 aliphatic heterocycles. The van der Waals surface area contributed by atoms with Crippen molar-refractivity contribution in [2.75, 3.05) is 0 Å². The summed E-state index contributed by atoms with van der Waals surface area (Å²) in [5.74, 6) is 0.517. The average Bonchev–Trinajstić information content (AvgIpc) is 3.34. The third kappa shape index (κ3) is 3.13. The standard InChI is InChI=1S/C22H16ClN5O/c23-20-15-5-1-2-6-16(15)27-21(20)22(29)25-12-14-9-10-19(24-11-14)28-13-26-17-7-3-4-8-18(17)28/h1-11,13,27H,12H2,(H,25,29). The Hall–Kier alpha value is -3.64.